The molecule has 0 aliphatic heterocycles. The van der Waals surface area contributed by atoms with Crippen molar-refractivity contribution >= 4 is 10.9 Å². The van der Waals surface area contributed by atoms with E-state index in [4.69, 9.17) is 14.2 Å². The van der Waals surface area contributed by atoms with E-state index in [9.17, 15) is 5.11 Å². The zero-order chi connectivity index (χ0) is 24.5. The fourth-order valence-electron chi connectivity index (χ4n) is 4.22. The van der Waals surface area contributed by atoms with Crippen LogP contribution in [0.2, 0.25) is 0 Å². The number of aliphatic hydroxyl groups is 1. The van der Waals surface area contributed by atoms with Crippen LogP contribution in [-0.4, -0.2) is 31.4 Å². The molecule has 1 heterocycles. The van der Waals surface area contributed by atoms with Gasteiger partial charge in [0.2, 0.25) is 0 Å². The number of hydrogen-bond acceptors (Lipinski definition) is 5. The van der Waals surface area contributed by atoms with Crippen LogP contribution in [0.15, 0.2) is 60.8 Å². The Hall–Kier alpha value is -3.57. The largest absolute Gasteiger partial charge is 0.494 e. The number of rotatable bonds is 6. The predicted octanol–water partition coefficient (Wildman–Crippen LogP) is 6.38. The van der Waals surface area contributed by atoms with Crippen molar-refractivity contribution in [2.75, 3.05) is 21.3 Å². The fourth-order valence-corrected chi connectivity index (χ4v) is 4.22. The maximum absolute atomic E-state index is 9.62. The molecule has 0 saturated heterocycles. The molecular weight excluding hydrogens is 426 g/mol. The second kappa shape index (κ2) is 9.35. The smallest absolute Gasteiger partial charge is 0.168 e. The number of fused-ring (bicyclic) bond motifs is 1. The monoisotopic (exact) mass is 457 g/mol. The van der Waals surface area contributed by atoms with Crippen molar-refractivity contribution in [1.82, 2.24) is 4.98 Å². The van der Waals surface area contributed by atoms with Crippen LogP contribution < -0.4 is 14.2 Å². The van der Waals surface area contributed by atoms with Gasteiger partial charge in [0.05, 0.1) is 27.9 Å². The van der Waals surface area contributed by atoms with Crippen molar-refractivity contribution in [3.63, 3.8) is 0 Å². The lowest BCUT2D eigenvalue weighted by molar-refractivity contribution is 0.274. The quantitative estimate of drug-likeness (QED) is 0.364. The van der Waals surface area contributed by atoms with E-state index in [0.29, 0.717) is 22.8 Å². The van der Waals surface area contributed by atoms with E-state index in [0.717, 1.165) is 33.2 Å². The first-order valence-electron chi connectivity index (χ1n) is 11.2. The third-order valence-corrected chi connectivity index (χ3v) is 6.14. The molecule has 0 saturated carbocycles. The van der Waals surface area contributed by atoms with E-state index < -0.39 is 0 Å². The molecule has 176 valence electrons. The van der Waals surface area contributed by atoms with Crippen LogP contribution in [0.5, 0.6) is 17.2 Å². The predicted molar refractivity (Wildman–Crippen MR) is 137 cm³/mol. The maximum atomic E-state index is 9.62. The highest BCUT2D eigenvalue weighted by Crippen LogP contribution is 2.43. The number of pyridine rings is 1. The summed E-state index contributed by atoms with van der Waals surface area (Å²) in [4.78, 5) is 4.67. The molecule has 0 radical (unpaired) electrons. The summed E-state index contributed by atoms with van der Waals surface area (Å²) in [5.74, 6) is 1.94. The van der Waals surface area contributed by atoms with E-state index >= 15 is 0 Å². The Morgan fingerprint density at radius 2 is 1.47 bits per heavy atom. The van der Waals surface area contributed by atoms with Crippen LogP contribution in [0.3, 0.4) is 0 Å². The molecule has 5 heteroatoms. The molecule has 0 amide bonds. The summed E-state index contributed by atoms with van der Waals surface area (Å²) in [6.07, 6.45) is 1.82. The van der Waals surface area contributed by atoms with Crippen molar-refractivity contribution in [2.24, 2.45) is 0 Å². The van der Waals surface area contributed by atoms with Gasteiger partial charge in [-0.2, -0.15) is 0 Å². The standard InChI is InChI=1S/C29H31NO4/c1-29(2,3)23-11-9-18(10-12-23)24-14-21(15-25(32-4)28(24)34-6)22-13-19-7-8-20(17-31)27(33-5)26(19)30-16-22/h7-16,31H,17H2,1-6H3. The van der Waals surface area contributed by atoms with Gasteiger partial charge >= 0.3 is 0 Å². The average molecular weight is 458 g/mol. The van der Waals surface area contributed by atoms with Gasteiger partial charge < -0.3 is 19.3 Å². The molecule has 3 aromatic carbocycles. The van der Waals surface area contributed by atoms with Gasteiger partial charge in [0.15, 0.2) is 17.2 Å². The van der Waals surface area contributed by atoms with Crippen molar-refractivity contribution in [2.45, 2.75) is 32.8 Å². The minimum Gasteiger partial charge on any atom is -0.494 e. The van der Waals surface area contributed by atoms with Gasteiger partial charge in [-0.3, -0.25) is 4.98 Å². The van der Waals surface area contributed by atoms with Gasteiger partial charge in [-0.25, -0.2) is 0 Å². The number of ether oxygens (including phenoxy) is 3. The molecule has 0 bridgehead atoms. The van der Waals surface area contributed by atoms with Gasteiger partial charge in [0.25, 0.3) is 0 Å². The van der Waals surface area contributed by atoms with Gasteiger partial charge in [-0.05, 0) is 40.3 Å². The zero-order valence-corrected chi connectivity index (χ0v) is 20.6. The summed E-state index contributed by atoms with van der Waals surface area (Å²) in [6, 6.07) is 18.5. The first-order chi connectivity index (χ1) is 16.3. The minimum absolute atomic E-state index is 0.0792. The van der Waals surface area contributed by atoms with E-state index in [1.165, 1.54) is 5.56 Å². The molecule has 0 atom stereocenters. The Kier molecular flexibility index (Phi) is 6.49. The van der Waals surface area contributed by atoms with Crippen LogP contribution in [0.1, 0.15) is 31.9 Å². The van der Waals surface area contributed by atoms with Crippen LogP contribution in [0.4, 0.5) is 0 Å². The summed E-state index contributed by atoms with van der Waals surface area (Å²) < 4.78 is 17.0. The Bertz CT molecular complexity index is 1320. The molecule has 0 unspecified atom stereocenters. The summed E-state index contributed by atoms with van der Waals surface area (Å²) in [5.41, 5.74) is 6.69. The number of aromatic nitrogens is 1. The molecule has 0 aliphatic rings. The molecule has 0 aliphatic carbocycles. The first-order valence-corrected chi connectivity index (χ1v) is 11.2. The lowest BCUT2D eigenvalue weighted by Gasteiger charge is -2.20. The zero-order valence-electron chi connectivity index (χ0n) is 20.6. The molecule has 4 aromatic rings. The first kappa shape index (κ1) is 23.6. The highest BCUT2D eigenvalue weighted by molar-refractivity contribution is 5.90. The Morgan fingerprint density at radius 1 is 0.765 bits per heavy atom. The van der Waals surface area contributed by atoms with Crippen LogP contribution >= 0.6 is 0 Å². The summed E-state index contributed by atoms with van der Waals surface area (Å²) in [6.45, 7) is 6.52. The number of benzene rings is 3. The molecular formula is C29H31NO4. The highest BCUT2D eigenvalue weighted by atomic mass is 16.5. The van der Waals surface area contributed by atoms with Crippen molar-refractivity contribution < 1.29 is 19.3 Å². The lowest BCUT2D eigenvalue weighted by Crippen LogP contribution is -2.10. The maximum Gasteiger partial charge on any atom is 0.168 e. The van der Waals surface area contributed by atoms with E-state index in [2.05, 4.69) is 62.2 Å². The minimum atomic E-state index is -0.102. The Labute approximate surface area is 201 Å². The number of nitrogens with zero attached hydrogens (tertiary/aromatic N) is 1. The Balaban J connectivity index is 1.87. The van der Waals surface area contributed by atoms with Crippen molar-refractivity contribution in [3.05, 3.63) is 71.9 Å². The van der Waals surface area contributed by atoms with Crippen LogP contribution in [0, 0.1) is 0 Å². The second-order valence-corrected chi connectivity index (χ2v) is 9.30. The third-order valence-electron chi connectivity index (χ3n) is 6.14. The van der Waals surface area contributed by atoms with E-state index in [-0.39, 0.29) is 12.0 Å². The van der Waals surface area contributed by atoms with E-state index in [1.54, 1.807) is 21.3 Å². The molecule has 5 nitrogen and oxygen atoms in total. The van der Waals surface area contributed by atoms with Gasteiger partial charge in [0.1, 0.15) is 5.52 Å². The fraction of sp³-hybridized carbons (Fsp3) is 0.276. The number of hydrogen-bond donors (Lipinski definition) is 1. The summed E-state index contributed by atoms with van der Waals surface area (Å²) >= 11 is 0. The third kappa shape index (κ3) is 4.31. The van der Waals surface area contributed by atoms with Crippen molar-refractivity contribution in [1.29, 1.82) is 0 Å². The van der Waals surface area contributed by atoms with Gasteiger partial charge in [0, 0.05) is 28.3 Å². The summed E-state index contributed by atoms with van der Waals surface area (Å²) in [5, 5.41) is 10.5. The highest BCUT2D eigenvalue weighted by Gasteiger charge is 2.18. The van der Waals surface area contributed by atoms with Gasteiger partial charge in [-0.15, -0.1) is 0 Å². The molecule has 0 spiro atoms. The number of methoxy groups -OCH3 is 3. The molecule has 1 aromatic heterocycles. The van der Waals surface area contributed by atoms with Crippen LogP contribution in [0.25, 0.3) is 33.2 Å². The molecule has 4 rings (SSSR count). The van der Waals surface area contributed by atoms with Crippen molar-refractivity contribution in [3.8, 4) is 39.5 Å². The average Bonchev–Trinajstić information content (AvgIpc) is 2.86. The Morgan fingerprint density at radius 3 is 2.06 bits per heavy atom. The molecule has 0 fully saturated rings. The van der Waals surface area contributed by atoms with Gasteiger partial charge in [-0.1, -0.05) is 57.2 Å². The second-order valence-electron chi connectivity index (χ2n) is 9.30. The molecule has 1 N–H and O–H groups in total. The van der Waals surface area contributed by atoms with Crippen LogP contribution in [-0.2, 0) is 12.0 Å². The number of aliphatic hydroxyl groups excluding tert-OH is 1. The normalized spacial score (nSPS) is 11.5. The van der Waals surface area contributed by atoms with E-state index in [1.807, 2.05) is 24.4 Å². The topological polar surface area (TPSA) is 60.8 Å². The lowest BCUT2D eigenvalue weighted by atomic mass is 9.86. The summed E-state index contributed by atoms with van der Waals surface area (Å²) in [7, 11) is 4.90. The molecule has 34 heavy (non-hydrogen) atoms. The SMILES string of the molecule is COc1cc(-c2cnc3c(OC)c(CO)ccc3c2)cc(-c2ccc(C(C)(C)C)cc2)c1OC.